The van der Waals surface area contributed by atoms with Crippen LogP contribution in [0.1, 0.15) is 8.97 Å². The van der Waals surface area contributed by atoms with Gasteiger partial charge in [0.05, 0.1) is 9.30 Å². The molecular weight excluding hydrogens is 495 g/mol. The monoisotopic (exact) mass is 511 g/mol. The van der Waals surface area contributed by atoms with E-state index >= 15 is 0 Å². The van der Waals surface area contributed by atoms with Crippen LogP contribution in [0.4, 0.5) is 0 Å². The number of aliphatic hydroxyl groups is 2. The molecule has 7 N–H and O–H groups in total. The molecule has 1 aromatic heterocycles. The summed E-state index contributed by atoms with van der Waals surface area (Å²) in [6.45, 7) is -3.72. The number of H-pyrrole nitrogens is 1. The number of hydrogen-bond acceptors (Lipinski definition) is 12. The lowest BCUT2D eigenvalue weighted by atomic mass is 9.95. The molecule has 174 valence electrons. The first-order valence-corrected chi connectivity index (χ1v) is 11.8. The summed E-state index contributed by atoms with van der Waals surface area (Å²) in [6.07, 6.45) is -1.54. The SMILES string of the molecule is [2H]C([2H])(OP(=O)(O)OP(=O)(O)OP(=O)(O)O)[C@H]1O[C@@H](n2cnc(=O)[nH]c2=O)C(O)(C#C)[C@H]1O. The minimum absolute atomic E-state index is 0.339. The largest absolute Gasteiger partial charge is 0.490 e. The van der Waals surface area contributed by atoms with Gasteiger partial charge in [-0.2, -0.15) is 13.6 Å². The average Bonchev–Trinajstić information content (AvgIpc) is 2.83. The highest BCUT2D eigenvalue weighted by molar-refractivity contribution is 7.66. The highest BCUT2D eigenvalue weighted by atomic mass is 31.3. The third-order valence-corrected chi connectivity index (χ3v) is 6.98. The number of aromatic amines is 1. The Kier molecular flexibility index (Phi) is 6.41. The van der Waals surface area contributed by atoms with Crippen LogP contribution in [0.15, 0.2) is 15.9 Å². The van der Waals surface area contributed by atoms with Gasteiger partial charge in [0.25, 0.3) is 0 Å². The topological polar surface area (TPSA) is 277 Å². The molecule has 0 radical (unpaired) electrons. The Morgan fingerprint density at radius 3 is 2.42 bits per heavy atom. The average molecular weight is 511 g/mol. The van der Waals surface area contributed by atoms with E-state index < -0.39 is 65.4 Å². The van der Waals surface area contributed by atoms with Gasteiger partial charge in [0.15, 0.2) is 11.8 Å². The van der Waals surface area contributed by atoms with Crippen LogP contribution in [0, 0.1) is 12.3 Å². The minimum Gasteiger partial charge on any atom is -0.386 e. The molecule has 21 heteroatoms. The molecule has 18 nitrogen and oxygen atoms in total. The summed E-state index contributed by atoms with van der Waals surface area (Å²) >= 11 is 0. The van der Waals surface area contributed by atoms with Crippen molar-refractivity contribution < 1.29 is 64.1 Å². The Balaban J connectivity index is 2.36. The fourth-order valence-corrected chi connectivity index (χ4v) is 5.03. The molecule has 0 amide bonds. The molecule has 0 spiro atoms. The summed E-state index contributed by atoms with van der Waals surface area (Å²) in [5.74, 6) is 1.63. The van der Waals surface area contributed by atoms with Gasteiger partial charge in [-0.25, -0.2) is 23.3 Å². The van der Waals surface area contributed by atoms with Crippen LogP contribution in [0.25, 0.3) is 0 Å². The molecule has 2 heterocycles. The molecule has 0 aliphatic carbocycles. The maximum Gasteiger partial charge on any atom is 0.490 e. The van der Waals surface area contributed by atoms with E-state index in [1.165, 1.54) is 0 Å². The summed E-state index contributed by atoms with van der Waals surface area (Å²) in [5.41, 5.74) is -5.34. The first kappa shape index (κ1) is 22.6. The smallest absolute Gasteiger partial charge is 0.386 e. The van der Waals surface area contributed by atoms with Gasteiger partial charge in [-0.05, 0) is 0 Å². The number of phosphoric acid groups is 3. The lowest BCUT2D eigenvalue weighted by Gasteiger charge is -2.25. The van der Waals surface area contributed by atoms with Gasteiger partial charge in [0, 0.05) is 0 Å². The van der Waals surface area contributed by atoms with Gasteiger partial charge >= 0.3 is 34.8 Å². The maximum absolute atomic E-state index is 12.0. The van der Waals surface area contributed by atoms with Gasteiger partial charge in [-0.15, -0.1) is 6.42 Å². The van der Waals surface area contributed by atoms with Gasteiger partial charge in [0.2, 0.25) is 0 Å². The van der Waals surface area contributed by atoms with E-state index in [0.717, 1.165) is 0 Å². The molecule has 1 aliphatic rings. The molecule has 31 heavy (non-hydrogen) atoms. The number of rotatable bonds is 8. The summed E-state index contributed by atoms with van der Waals surface area (Å²) in [5, 5.41) is 20.9. The number of nitrogens with one attached hydrogen (secondary N) is 1. The number of ether oxygens (including phenoxy) is 1. The van der Waals surface area contributed by atoms with Crippen LogP contribution in [0.2, 0.25) is 0 Å². The third kappa shape index (κ3) is 6.25. The van der Waals surface area contributed by atoms with Gasteiger partial charge in [-0.3, -0.25) is 14.1 Å². The van der Waals surface area contributed by atoms with Crippen LogP contribution in [0.3, 0.4) is 0 Å². The summed E-state index contributed by atoms with van der Waals surface area (Å²) in [4.78, 5) is 63.5. The number of hydrogen-bond donors (Lipinski definition) is 7. The van der Waals surface area contributed by atoms with Crippen molar-refractivity contribution in [3.05, 3.63) is 27.3 Å². The first-order chi connectivity index (χ1) is 14.7. The highest BCUT2D eigenvalue weighted by Gasteiger charge is 2.56. The lowest BCUT2D eigenvalue weighted by molar-refractivity contribution is -0.0767. The van der Waals surface area contributed by atoms with Crippen molar-refractivity contribution in [2.24, 2.45) is 0 Å². The molecule has 0 saturated carbocycles. The molecule has 2 rings (SSSR count). The van der Waals surface area contributed by atoms with Gasteiger partial charge < -0.3 is 34.5 Å². The number of phosphoric ester groups is 1. The van der Waals surface area contributed by atoms with E-state index in [4.69, 9.17) is 28.6 Å². The first-order valence-electron chi connectivity index (χ1n) is 8.29. The number of terminal acetylenes is 1. The van der Waals surface area contributed by atoms with Crippen LogP contribution in [0.5, 0.6) is 0 Å². The maximum atomic E-state index is 12.0. The Morgan fingerprint density at radius 1 is 1.29 bits per heavy atom. The van der Waals surface area contributed by atoms with Crippen molar-refractivity contribution in [2.45, 2.75) is 24.0 Å². The Labute approximate surface area is 173 Å². The summed E-state index contributed by atoms with van der Waals surface area (Å²) < 4.78 is 65.6. The summed E-state index contributed by atoms with van der Waals surface area (Å²) in [6, 6.07) is 0. The van der Waals surface area contributed by atoms with Gasteiger partial charge in [-0.1, -0.05) is 5.92 Å². The molecule has 1 fully saturated rings. The number of aromatic nitrogens is 3. The molecule has 1 aliphatic heterocycles. The summed E-state index contributed by atoms with van der Waals surface area (Å²) in [7, 11) is -17.8. The second kappa shape index (κ2) is 8.77. The Hall–Kier alpha value is -1.54. The van der Waals surface area contributed by atoms with E-state index in [-0.39, 0.29) is 0 Å². The van der Waals surface area contributed by atoms with E-state index in [1.54, 1.807) is 10.9 Å². The van der Waals surface area contributed by atoms with Gasteiger partial charge in [0.1, 0.15) is 18.5 Å². The zero-order valence-corrected chi connectivity index (χ0v) is 17.2. The fraction of sp³-hybridized carbons (Fsp3) is 0.500. The van der Waals surface area contributed by atoms with E-state index in [1.807, 2.05) is 0 Å². The number of aliphatic hydroxyl groups excluding tert-OH is 1. The minimum atomic E-state index is -6.07. The van der Waals surface area contributed by atoms with Crippen LogP contribution in [-0.4, -0.2) is 68.7 Å². The zero-order valence-electron chi connectivity index (χ0n) is 16.5. The standard InChI is InChI=1S/C10H14N3O15P3/c1-2-10(17)6(14)5(26-7(10)13-4-11-8(15)12-9(13)16)3-25-30(21,22)28-31(23,24)27-29(18,19)20/h1,4-7,14,17H,3H2,(H,21,22)(H,23,24)(H,12,15,16)(H2,18,19,20)/t5-,6+,7-,10?/m1/s1/i3D2. The van der Waals surface area contributed by atoms with E-state index in [9.17, 15) is 38.4 Å². The second-order valence-corrected chi connectivity index (χ2v) is 9.86. The predicted octanol–water partition coefficient (Wildman–Crippen LogP) is -3.10. The Bertz CT molecular complexity index is 1220. The van der Waals surface area contributed by atoms with Crippen LogP contribution >= 0.6 is 23.5 Å². The van der Waals surface area contributed by atoms with Crippen molar-refractivity contribution in [1.82, 2.24) is 14.5 Å². The second-order valence-electron chi connectivity index (χ2n) is 5.51. The zero-order chi connectivity index (χ0) is 25.6. The van der Waals surface area contributed by atoms with Crippen molar-refractivity contribution in [3.8, 4) is 12.3 Å². The van der Waals surface area contributed by atoms with Crippen molar-refractivity contribution >= 4 is 23.5 Å². The van der Waals surface area contributed by atoms with E-state index in [0.29, 0.717) is 10.9 Å². The fourth-order valence-electron chi connectivity index (χ4n) is 2.16. The normalized spacial score (nSPS) is 31.7. The van der Waals surface area contributed by atoms with Crippen LogP contribution < -0.4 is 11.4 Å². The molecule has 6 atom stereocenters. The quantitative estimate of drug-likeness (QED) is 0.134. The Morgan fingerprint density at radius 2 is 1.90 bits per heavy atom. The van der Waals surface area contributed by atoms with Crippen molar-refractivity contribution in [3.63, 3.8) is 0 Å². The highest BCUT2D eigenvalue weighted by Crippen LogP contribution is 2.66. The van der Waals surface area contributed by atoms with Crippen LogP contribution in [-0.2, 0) is 31.6 Å². The molecule has 0 bridgehead atoms. The number of nitrogens with zero attached hydrogens (tertiary/aromatic N) is 2. The molecule has 0 aromatic carbocycles. The predicted molar refractivity (Wildman–Crippen MR) is 92.6 cm³/mol. The van der Waals surface area contributed by atoms with Crippen molar-refractivity contribution in [2.75, 3.05) is 6.56 Å². The van der Waals surface area contributed by atoms with Crippen molar-refractivity contribution in [1.29, 1.82) is 0 Å². The molecule has 1 aromatic rings. The lowest BCUT2D eigenvalue weighted by Crippen LogP contribution is -2.48. The van der Waals surface area contributed by atoms with E-state index in [2.05, 4.69) is 18.1 Å². The third-order valence-electron chi connectivity index (χ3n) is 3.32. The molecular formula is C10H14N3O15P3. The molecule has 1 saturated heterocycles. The molecule has 3 unspecified atom stereocenters.